The second kappa shape index (κ2) is 6.93. The summed E-state index contributed by atoms with van der Waals surface area (Å²) < 4.78 is 23.0. The molecule has 1 saturated heterocycles. The molecule has 7 heteroatoms. The summed E-state index contributed by atoms with van der Waals surface area (Å²) in [6, 6.07) is 8.83. The van der Waals surface area contributed by atoms with Gasteiger partial charge in [-0.1, -0.05) is 30.3 Å². The lowest BCUT2D eigenvalue weighted by atomic mass is 9.90. The monoisotopic (exact) mass is 352 g/mol. The first-order valence-corrected chi connectivity index (χ1v) is 9.81. The number of amides is 2. The van der Waals surface area contributed by atoms with Crippen LogP contribution in [0.25, 0.3) is 0 Å². The first kappa shape index (κ1) is 18.4. The Morgan fingerprint density at radius 2 is 1.79 bits per heavy atom. The van der Waals surface area contributed by atoms with Crippen LogP contribution in [-0.4, -0.2) is 37.8 Å². The van der Waals surface area contributed by atoms with Gasteiger partial charge in [-0.2, -0.15) is 0 Å². The molecule has 1 fully saturated rings. The SMILES string of the molecule is CC(NC(=O)C(C)(C)C(=O)NC1CCS(=O)(=O)C1)c1ccccc1. The number of hydrogen-bond donors (Lipinski definition) is 2. The van der Waals surface area contributed by atoms with E-state index in [1.54, 1.807) is 13.8 Å². The van der Waals surface area contributed by atoms with Gasteiger partial charge in [0.2, 0.25) is 11.8 Å². The van der Waals surface area contributed by atoms with E-state index in [9.17, 15) is 18.0 Å². The van der Waals surface area contributed by atoms with E-state index in [-0.39, 0.29) is 17.5 Å². The highest BCUT2D eigenvalue weighted by Crippen LogP contribution is 2.21. The third kappa shape index (κ3) is 4.35. The topological polar surface area (TPSA) is 92.3 Å². The molecule has 1 aromatic carbocycles. The fourth-order valence-electron chi connectivity index (χ4n) is 2.58. The largest absolute Gasteiger partial charge is 0.351 e. The zero-order valence-electron chi connectivity index (χ0n) is 14.2. The molecule has 2 unspecified atom stereocenters. The molecule has 2 atom stereocenters. The Bertz CT molecular complexity index is 713. The van der Waals surface area contributed by atoms with Crippen LogP contribution in [0.3, 0.4) is 0 Å². The highest BCUT2D eigenvalue weighted by molar-refractivity contribution is 7.91. The summed E-state index contributed by atoms with van der Waals surface area (Å²) in [5.41, 5.74) is -0.334. The third-order valence-electron chi connectivity index (χ3n) is 4.35. The second-order valence-corrected chi connectivity index (χ2v) is 9.03. The van der Waals surface area contributed by atoms with Gasteiger partial charge in [-0.3, -0.25) is 9.59 Å². The van der Waals surface area contributed by atoms with E-state index in [2.05, 4.69) is 10.6 Å². The summed E-state index contributed by atoms with van der Waals surface area (Å²) in [7, 11) is -3.08. The standard InChI is InChI=1S/C17H24N2O4S/c1-12(13-7-5-4-6-8-13)18-15(20)17(2,3)16(21)19-14-9-10-24(22,23)11-14/h4-8,12,14H,9-11H2,1-3H3,(H,18,20)(H,19,21). The maximum absolute atomic E-state index is 12.5. The average molecular weight is 352 g/mol. The van der Waals surface area contributed by atoms with Crippen molar-refractivity contribution in [3.05, 3.63) is 35.9 Å². The van der Waals surface area contributed by atoms with Crippen LogP contribution in [0.4, 0.5) is 0 Å². The normalized spacial score (nSPS) is 21.0. The molecule has 0 aromatic heterocycles. The average Bonchev–Trinajstić information content (AvgIpc) is 2.86. The Balaban J connectivity index is 1.98. The summed E-state index contributed by atoms with van der Waals surface area (Å²) in [6.07, 6.45) is 0.395. The predicted molar refractivity (Wildman–Crippen MR) is 92.0 cm³/mol. The smallest absolute Gasteiger partial charge is 0.235 e. The predicted octanol–water partition coefficient (Wildman–Crippen LogP) is 1.19. The molecule has 0 saturated carbocycles. The van der Waals surface area contributed by atoms with Crippen LogP contribution in [0.2, 0.25) is 0 Å². The molecule has 1 heterocycles. The van der Waals surface area contributed by atoms with Crippen LogP contribution in [0.15, 0.2) is 30.3 Å². The molecule has 1 aromatic rings. The summed E-state index contributed by atoms with van der Waals surface area (Å²) in [6.45, 7) is 4.93. The maximum Gasteiger partial charge on any atom is 0.235 e. The van der Waals surface area contributed by atoms with Crippen LogP contribution in [0.5, 0.6) is 0 Å². The Morgan fingerprint density at radius 3 is 2.33 bits per heavy atom. The van der Waals surface area contributed by atoms with Gasteiger partial charge in [0.05, 0.1) is 17.5 Å². The van der Waals surface area contributed by atoms with Crippen LogP contribution in [-0.2, 0) is 19.4 Å². The van der Waals surface area contributed by atoms with Crippen molar-refractivity contribution in [2.24, 2.45) is 5.41 Å². The van der Waals surface area contributed by atoms with E-state index in [1.165, 1.54) is 0 Å². The number of rotatable bonds is 5. The first-order valence-electron chi connectivity index (χ1n) is 7.99. The van der Waals surface area contributed by atoms with Crippen LogP contribution in [0, 0.1) is 5.41 Å². The van der Waals surface area contributed by atoms with Crippen molar-refractivity contribution in [1.82, 2.24) is 10.6 Å². The molecule has 132 valence electrons. The minimum atomic E-state index is -3.08. The van der Waals surface area contributed by atoms with Crippen molar-refractivity contribution in [3.8, 4) is 0 Å². The number of hydrogen-bond acceptors (Lipinski definition) is 4. The Labute approximate surface area is 142 Å². The third-order valence-corrected chi connectivity index (χ3v) is 6.12. The van der Waals surface area contributed by atoms with E-state index >= 15 is 0 Å². The van der Waals surface area contributed by atoms with Gasteiger partial charge in [0.25, 0.3) is 0 Å². The zero-order chi connectivity index (χ0) is 18.0. The number of benzene rings is 1. The second-order valence-electron chi connectivity index (χ2n) is 6.80. The van der Waals surface area contributed by atoms with E-state index < -0.39 is 33.1 Å². The highest BCUT2D eigenvalue weighted by atomic mass is 32.2. The van der Waals surface area contributed by atoms with Crippen molar-refractivity contribution in [1.29, 1.82) is 0 Å². The number of sulfone groups is 1. The Morgan fingerprint density at radius 1 is 1.17 bits per heavy atom. The van der Waals surface area contributed by atoms with Gasteiger partial charge >= 0.3 is 0 Å². The quantitative estimate of drug-likeness (QED) is 0.779. The molecule has 2 rings (SSSR count). The van der Waals surface area contributed by atoms with Gasteiger partial charge in [0.1, 0.15) is 5.41 Å². The van der Waals surface area contributed by atoms with E-state index in [0.717, 1.165) is 5.56 Å². The van der Waals surface area contributed by atoms with Gasteiger partial charge in [-0.25, -0.2) is 8.42 Å². The fraction of sp³-hybridized carbons (Fsp3) is 0.529. The van der Waals surface area contributed by atoms with E-state index in [0.29, 0.717) is 6.42 Å². The lowest BCUT2D eigenvalue weighted by Gasteiger charge is -2.26. The van der Waals surface area contributed by atoms with Crippen molar-refractivity contribution in [2.75, 3.05) is 11.5 Å². The van der Waals surface area contributed by atoms with Gasteiger partial charge < -0.3 is 10.6 Å². The molecular formula is C17H24N2O4S. The van der Waals surface area contributed by atoms with Crippen molar-refractivity contribution in [3.63, 3.8) is 0 Å². The molecule has 0 bridgehead atoms. The molecule has 6 nitrogen and oxygen atoms in total. The van der Waals surface area contributed by atoms with Gasteiger partial charge in [-0.15, -0.1) is 0 Å². The van der Waals surface area contributed by atoms with E-state index in [1.807, 2.05) is 37.3 Å². The van der Waals surface area contributed by atoms with Crippen LogP contribution < -0.4 is 10.6 Å². The minimum Gasteiger partial charge on any atom is -0.351 e. The fourth-order valence-corrected chi connectivity index (χ4v) is 4.25. The molecule has 2 amide bonds. The lowest BCUT2D eigenvalue weighted by molar-refractivity contribution is -0.142. The highest BCUT2D eigenvalue weighted by Gasteiger charge is 2.39. The molecule has 0 radical (unpaired) electrons. The summed E-state index contributed by atoms with van der Waals surface area (Å²) in [4.78, 5) is 24.9. The number of carbonyl (C=O) groups excluding carboxylic acids is 2. The van der Waals surface area contributed by atoms with E-state index in [4.69, 9.17) is 0 Å². The summed E-state index contributed by atoms with van der Waals surface area (Å²) in [5.74, 6) is -0.827. The maximum atomic E-state index is 12.5. The Kier molecular flexibility index (Phi) is 5.32. The molecular weight excluding hydrogens is 328 g/mol. The lowest BCUT2D eigenvalue weighted by Crippen LogP contribution is -2.51. The Hall–Kier alpha value is -1.89. The van der Waals surface area contributed by atoms with Gasteiger partial charge in [0.15, 0.2) is 9.84 Å². The van der Waals surface area contributed by atoms with Gasteiger partial charge in [0, 0.05) is 6.04 Å². The first-order chi connectivity index (χ1) is 11.1. The minimum absolute atomic E-state index is 0.0587. The van der Waals surface area contributed by atoms with Gasteiger partial charge in [-0.05, 0) is 32.8 Å². The molecule has 24 heavy (non-hydrogen) atoms. The van der Waals surface area contributed by atoms with Crippen molar-refractivity contribution in [2.45, 2.75) is 39.3 Å². The molecule has 0 spiro atoms. The molecule has 2 N–H and O–H groups in total. The number of carbonyl (C=O) groups is 2. The van der Waals surface area contributed by atoms with Crippen LogP contribution in [0.1, 0.15) is 38.8 Å². The molecule has 1 aliphatic rings. The number of nitrogens with one attached hydrogen (secondary N) is 2. The van der Waals surface area contributed by atoms with Crippen molar-refractivity contribution >= 4 is 21.7 Å². The summed E-state index contributed by atoms with van der Waals surface area (Å²) in [5, 5.41) is 5.53. The summed E-state index contributed by atoms with van der Waals surface area (Å²) >= 11 is 0. The molecule has 0 aliphatic carbocycles. The van der Waals surface area contributed by atoms with Crippen LogP contribution >= 0.6 is 0 Å². The van der Waals surface area contributed by atoms with Crippen molar-refractivity contribution < 1.29 is 18.0 Å². The zero-order valence-corrected chi connectivity index (χ0v) is 15.0. The molecule has 1 aliphatic heterocycles.